The lowest BCUT2D eigenvalue weighted by Gasteiger charge is -2.33. The Morgan fingerprint density at radius 3 is 2.61 bits per heavy atom. The van der Waals surface area contributed by atoms with Crippen molar-refractivity contribution in [2.24, 2.45) is 0 Å². The number of hydrogen-bond acceptors (Lipinski definition) is 4. The van der Waals surface area contributed by atoms with Gasteiger partial charge in [-0.2, -0.15) is 0 Å². The number of benzene rings is 1. The van der Waals surface area contributed by atoms with Gasteiger partial charge in [-0.15, -0.1) is 0 Å². The van der Waals surface area contributed by atoms with E-state index in [0.717, 1.165) is 39.4 Å². The van der Waals surface area contributed by atoms with Gasteiger partial charge in [0.05, 0.1) is 13.2 Å². The highest BCUT2D eigenvalue weighted by molar-refractivity contribution is 5.81. The minimum atomic E-state index is 0.700. The van der Waals surface area contributed by atoms with Crippen molar-refractivity contribution in [2.75, 3.05) is 52.5 Å². The molecular formula is C23H34N4O. The molecule has 0 bridgehead atoms. The average Bonchev–Trinajstić information content (AvgIpc) is 3.45. The molecule has 2 aromatic rings. The number of morpholine rings is 1. The number of H-pyrrole nitrogens is 1. The van der Waals surface area contributed by atoms with Crippen molar-refractivity contribution in [3.05, 3.63) is 35.5 Å². The molecule has 0 amide bonds. The van der Waals surface area contributed by atoms with Crippen LogP contribution in [-0.4, -0.2) is 78.2 Å². The predicted molar refractivity (Wildman–Crippen MR) is 114 cm³/mol. The van der Waals surface area contributed by atoms with E-state index in [9.17, 15) is 0 Å². The van der Waals surface area contributed by atoms with Gasteiger partial charge in [0.1, 0.15) is 0 Å². The summed E-state index contributed by atoms with van der Waals surface area (Å²) in [5.41, 5.74) is 4.10. The van der Waals surface area contributed by atoms with Crippen molar-refractivity contribution in [3.8, 4) is 0 Å². The molecule has 0 saturated carbocycles. The van der Waals surface area contributed by atoms with E-state index < -0.39 is 0 Å². The van der Waals surface area contributed by atoms with E-state index in [1.165, 1.54) is 74.0 Å². The number of fused-ring (bicyclic) bond motifs is 1. The van der Waals surface area contributed by atoms with Crippen molar-refractivity contribution < 1.29 is 4.74 Å². The van der Waals surface area contributed by atoms with Crippen LogP contribution >= 0.6 is 0 Å². The first-order valence-electron chi connectivity index (χ1n) is 11.2. The molecule has 152 valence electrons. The Morgan fingerprint density at radius 2 is 1.75 bits per heavy atom. The zero-order chi connectivity index (χ0) is 18.8. The molecule has 5 rings (SSSR count). The third-order valence-electron chi connectivity index (χ3n) is 6.79. The molecular weight excluding hydrogens is 348 g/mol. The summed E-state index contributed by atoms with van der Waals surface area (Å²) in [5.74, 6) is 0. The third kappa shape index (κ3) is 4.28. The minimum absolute atomic E-state index is 0.700. The number of likely N-dealkylation sites (tertiary alicyclic amines) is 2. The summed E-state index contributed by atoms with van der Waals surface area (Å²) in [6.07, 6.45) is 5.38. The molecule has 4 heterocycles. The van der Waals surface area contributed by atoms with Gasteiger partial charge in [-0.1, -0.05) is 6.07 Å². The first-order valence-corrected chi connectivity index (χ1v) is 11.2. The highest BCUT2D eigenvalue weighted by Gasteiger charge is 2.27. The predicted octanol–water partition coefficient (Wildman–Crippen LogP) is 3.06. The summed E-state index contributed by atoms with van der Waals surface area (Å²) in [6.45, 7) is 11.1. The van der Waals surface area contributed by atoms with E-state index in [1.807, 2.05) is 0 Å². The van der Waals surface area contributed by atoms with E-state index in [4.69, 9.17) is 4.74 Å². The number of aromatic amines is 1. The molecule has 1 aromatic heterocycles. The van der Waals surface area contributed by atoms with Gasteiger partial charge in [0, 0.05) is 55.4 Å². The van der Waals surface area contributed by atoms with E-state index in [1.54, 1.807) is 0 Å². The van der Waals surface area contributed by atoms with Crippen LogP contribution in [0.15, 0.2) is 24.3 Å². The zero-order valence-electron chi connectivity index (χ0n) is 17.0. The van der Waals surface area contributed by atoms with E-state index in [2.05, 4.69) is 43.9 Å². The Morgan fingerprint density at radius 1 is 0.893 bits per heavy atom. The number of hydrogen-bond donors (Lipinski definition) is 1. The maximum absolute atomic E-state index is 5.51. The van der Waals surface area contributed by atoms with Crippen LogP contribution in [0.25, 0.3) is 10.9 Å². The number of aromatic nitrogens is 1. The molecule has 5 nitrogen and oxygen atoms in total. The van der Waals surface area contributed by atoms with E-state index in [0.29, 0.717) is 6.04 Å². The summed E-state index contributed by atoms with van der Waals surface area (Å²) < 4.78 is 5.51. The second-order valence-corrected chi connectivity index (χ2v) is 8.88. The first kappa shape index (κ1) is 18.6. The number of ether oxygens (including phenoxy) is 1. The van der Waals surface area contributed by atoms with Crippen LogP contribution in [0.5, 0.6) is 0 Å². The van der Waals surface area contributed by atoms with E-state index in [-0.39, 0.29) is 0 Å². The average molecular weight is 383 g/mol. The van der Waals surface area contributed by atoms with Crippen molar-refractivity contribution in [1.29, 1.82) is 0 Å². The minimum Gasteiger partial charge on any atom is -0.379 e. The van der Waals surface area contributed by atoms with Crippen LogP contribution in [0.3, 0.4) is 0 Å². The standard InChI is InChI=1S/C23H34N4O/c1-2-8-25(7-1)17-21-15-20-14-19(5-6-23(20)24-21)16-27-9-3-4-22(27)18-26-10-12-28-13-11-26/h5-6,14-15,22,24H,1-4,7-13,16-18H2. The molecule has 3 fully saturated rings. The molecule has 3 aliphatic heterocycles. The van der Waals surface area contributed by atoms with Crippen LogP contribution in [0.1, 0.15) is 36.9 Å². The number of rotatable bonds is 6. The lowest BCUT2D eigenvalue weighted by Crippen LogP contribution is -2.44. The van der Waals surface area contributed by atoms with Crippen molar-refractivity contribution >= 4 is 10.9 Å². The van der Waals surface area contributed by atoms with Gasteiger partial charge >= 0.3 is 0 Å². The van der Waals surface area contributed by atoms with Crippen LogP contribution in [0.4, 0.5) is 0 Å². The van der Waals surface area contributed by atoms with Gasteiger partial charge in [-0.25, -0.2) is 0 Å². The molecule has 3 aliphatic rings. The molecule has 1 N–H and O–H groups in total. The fourth-order valence-corrected chi connectivity index (χ4v) is 5.23. The Bertz CT molecular complexity index is 776. The van der Waals surface area contributed by atoms with Gasteiger partial charge in [0.2, 0.25) is 0 Å². The van der Waals surface area contributed by atoms with Crippen LogP contribution in [0, 0.1) is 0 Å². The number of nitrogens with zero attached hydrogens (tertiary/aromatic N) is 3. The molecule has 1 unspecified atom stereocenters. The molecule has 28 heavy (non-hydrogen) atoms. The summed E-state index contributed by atoms with van der Waals surface area (Å²) in [7, 11) is 0. The second-order valence-electron chi connectivity index (χ2n) is 8.88. The maximum Gasteiger partial charge on any atom is 0.0594 e. The highest BCUT2D eigenvalue weighted by atomic mass is 16.5. The van der Waals surface area contributed by atoms with Gasteiger partial charge in [0.15, 0.2) is 0 Å². The Hall–Kier alpha value is -1.40. The quantitative estimate of drug-likeness (QED) is 0.833. The molecule has 5 heteroatoms. The highest BCUT2D eigenvalue weighted by Crippen LogP contribution is 2.24. The summed E-state index contributed by atoms with van der Waals surface area (Å²) in [6, 6.07) is 10.1. The molecule has 0 aliphatic carbocycles. The monoisotopic (exact) mass is 382 g/mol. The van der Waals surface area contributed by atoms with Gasteiger partial charge in [-0.3, -0.25) is 14.7 Å². The zero-order valence-corrected chi connectivity index (χ0v) is 17.0. The number of nitrogens with one attached hydrogen (secondary N) is 1. The van der Waals surface area contributed by atoms with Crippen LogP contribution in [0.2, 0.25) is 0 Å². The summed E-state index contributed by atoms with van der Waals surface area (Å²) in [4.78, 5) is 11.5. The van der Waals surface area contributed by atoms with Crippen molar-refractivity contribution in [1.82, 2.24) is 19.7 Å². The van der Waals surface area contributed by atoms with Gasteiger partial charge in [0.25, 0.3) is 0 Å². The Kier molecular flexibility index (Phi) is 5.68. The third-order valence-corrected chi connectivity index (χ3v) is 6.79. The van der Waals surface area contributed by atoms with Crippen molar-refractivity contribution in [2.45, 2.75) is 44.8 Å². The molecule has 0 spiro atoms. The summed E-state index contributed by atoms with van der Waals surface area (Å²) in [5, 5.41) is 1.37. The smallest absolute Gasteiger partial charge is 0.0594 e. The largest absolute Gasteiger partial charge is 0.379 e. The fourth-order valence-electron chi connectivity index (χ4n) is 5.23. The lowest BCUT2D eigenvalue weighted by atomic mass is 10.1. The molecule has 1 atom stereocenters. The SMILES string of the molecule is c1cc2[nH]c(CN3CCCC3)cc2cc1CN1CCCC1CN1CCOCC1. The Labute approximate surface area is 168 Å². The first-order chi connectivity index (χ1) is 13.8. The Balaban J connectivity index is 1.23. The van der Waals surface area contributed by atoms with Crippen LogP contribution in [-0.2, 0) is 17.8 Å². The molecule has 3 saturated heterocycles. The molecule has 0 radical (unpaired) electrons. The summed E-state index contributed by atoms with van der Waals surface area (Å²) >= 11 is 0. The normalized spacial score (nSPS) is 25.2. The van der Waals surface area contributed by atoms with Gasteiger partial charge in [-0.05, 0) is 69.1 Å². The van der Waals surface area contributed by atoms with Gasteiger partial charge < -0.3 is 9.72 Å². The second kappa shape index (κ2) is 8.54. The topological polar surface area (TPSA) is 34.7 Å². The lowest BCUT2D eigenvalue weighted by molar-refractivity contribution is 0.0262. The van der Waals surface area contributed by atoms with Crippen LogP contribution < -0.4 is 0 Å². The molecule has 1 aromatic carbocycles. The van der Waals surface area contributed by atoms with E-state index >= 15 is 0 Å². The fraction of sp³-hybridized carbons (Fsp3) is 0.652. The van der Waals surface area contributed by atoms with Crippen molar-refractivity contribution in [3.63, 3.8) is 0 Å². The maximum atomic E-state index is 5.51.